The number of aromatic nitrogens is 4. The minimum absolute atomic E-state index is 0.00514. The zero-order chi connectivity index (χ0) is 22.9. The highest BCUT2D eigenvalue weighted by Crippen LogP contribution is 2.22. The van der Waals surface area contributed by atoms with Gasteiger partial charge in [-0.15, -0.1) is 0 Å². The van der Waals surface area contributed by atoms with Crippen LogP contribution in [0.15, 0.2) is 65.7 Å². The summed E-state index contributed by atoms with van der Waals surface area (Å²) in [6, 6.07) is 13.2. The number of para-hydroxylation sites is 1. The maximum Gasteiger partial charge on any atom is 0.260 e. The normalized spacial score (nSPS) is 16.7. The second kappa shape index (κ2) is 8.50. The third-order valence-electron chi connectivity index (χ3n) is 6.06. The van der Waals surface area contributed by atoms with E-state index in [1.807, 2.05) is 53.3 Å². The average molecular weight is 446 g/mol. The number of rotatable bonds is 3. The average Bonchev–Trinajstić information content (AvgIpc) is 3.29. The van der Waals surface area contributed by atoms with Crippen molar-refractivity contribution in [1.29, 1.82) is 0 Å². The van der Waals surface area contributed by atoms with E-state index in [-0.39, 0.29) is 22.9 Å². The molecule has 5 rings (SSSR count). The van der Waals surface area contributed by atoms with Gasteiger partial charge in [0, 0.05) is 38.1 Å². The van der Waals surface area contributed by atoms with Gasteiger partial charge in [-0.3, -0.25) is 14.6 Å². The fraction of sp³-hybridized carbons (Fsp3) is 0.250. The summed E-state index contributed by atoms with van der Waals surface area (Å²) >= 11 is 0. The Labute approximate surface area is 189 Å². The number of anilines is 1. The van der Waals surface area contributed by atoms with E-state index in [4.69, 9.17) is 0 Å². The lowest BCUT2D eigenvalue weighted by molar-refractivity contribution is 0.0705. The summed E-state index contributed by atoms with van der Waals surface area (Å²) in [4.78, 5) is 37.2. The third-order valence-corrected chi connectivity index (χ3v) is 6.06. The van der Waals surface area contributed by atoms with Gasteiger partial charge in [-0.2, -0.15) is 5.10 Å². The van der Waals surface area contributed by atoms with E-state index in [2.05, 4.69) is 15.1 Å². The zero-order valence-corrected chi connectivity index (χ0v) is 18.1. The first-order valence-electron chi connectivity index (χ1n) is 10.9. The molecule has 1 aliphatic heterocycles. The number of H-pyrrole nitrogens is 1. The summed E-state index contributed by atoms with van der Waals surface area (Å²) in [5, 5.41) is 4.49. The van der Waals surface area contributed by atoms with Crippen LogP contribution in [-0.4, -0.2) is 56.2 Å². The molecule has 0 spiro atoms. The maximum absolute atomic E-state index is 13.5. The van der Waals surface area contributed by atoms with Crippen molar-refractivity contribution in [2.75, 3.05) is 24.5 Å². The quantitative estimate of drug-likeness (QED) is 0.523. The lowest BCUT2D eigenvalue weighted by Gasteiger charge is -2.27. The van der Waals surface area contributed by atoms with Gasteiger partial charge in [0.05, 0.1) is 22.2 Å². The van der Waals surface area contributed by atoms with Gasteiger partial charge in [-0.1, -0.05) is 12.1 Å². The molecule has 1 amide bonds. The number of hydrogen-bond acceptors (Lipinski definition) is 5. The number of carbonyl (C=O) groups excluding carboxylic acids is 1. The van der Waals surface area contributed by atoms with E-state index in [1.165, 1.54) is 18.2 Å². The molecule has 0 bridgehead atoms. The van der Waals surface area contributed by atoms with Gasteiger partial charge in [0.1, 0.15) is 5.82 Å². The van der Waals surface area contributed by atoms with Crippen molar-refractivity contribution in [3.05, 3.63) is 82.7 Å². The highest BCUT2D eigenvalue weighted by atomic mass is 19.1. The molecule has 0 saturated carbocycles. The number of nitrogens with zero attached hydrogens (tertiary/aromatic N) is 5. The third kappa shape index (κ3) is 3.97. The molecule has 0 radical (unpaired) electrons. The van der Waals surface area contributed by atoms with Crippen molar-refractivity contribution >= 4 is 22.8 Å². The van der Waals surface area contributed by atoms with Crippen LogP contribution in [-0.2, 0) is 0 Å². The number of carbonyl (C=O) groups is 1. The van der Waals surface area contributed by atoms with E-state index in [0.29, 0.717) is 43.1 Å². The Hall–Kier alpha value is -4.01. The van der Waals surface area contributed by atoms with Crippen molar-refractivity contribution in [2.45, 2.75) is 19.4 Å². The van der Waals surface area contributed by atoms with Crippen molar-refractivity contribution in [3.63, 3.8) is 0 Å². The zero-order valence-electron chi connectivity index (χ0n) is 18.1. The number of hydrogen-bond donors (Lipinski definition) is 1. The fourth-order valence-electron chi connectivity index (χ4n) is 4.24. The Balaban J connectivity index is 1.41. The molecule has 1 fully saturated rings. The predicted molar refractivity (Wildman–Crippen MR) is 123 cm³/mol. The van der Waals surface area contributed by atoms with E-state index < -0.39 is 5.82 Å². The summed E-state index contributed by atoms with van der Waals surface area (Å²) in [6.45, 7) is 3.63. The number of fused-ring (bicyclic) bond motifs is 1. The molecule has 1 atom stereocenters. The number of amides is 1. The van der Waals surface area contributed by atoms with Crippen LogP contribution in [0.5, 0.6) is 0 Å². The second-order valence-electron chi connectivity index (χ2n) is 8.14. The standard InChI is InChI=1S/C24H23FN6O2/c1-16-9-12-29(24-27-20-8-7-17(25)15-19(20)22(32)28-24)13-14-30(16)23(33)18-5-2-3-6-21(18)31-11-4-10-26-31/h2-8,10-11,15-16H,9,12-14H2,1H3,(H,27,28,32). The molecular formula is C24H23FN6O2. The SMILES string of the molecule is CC1CCN(c2nc3ccc(F)cc3c(=O)[nH]2)CCN1C(=O)c1ccccc1-n1cccn1. The van der Waals surface area contributed by atoms with Crippen molar-refractivity contribution < 1.29 is 9.18 Å². The summed E-state index contributed by atoms with van der Waals surface area (Å²) < 4.78 is 15.2. The van der Waals surface area contributed by atoms with Crippen LogP contribution >= 0.6 is 0 Å². The number of halogens is 1. The minimum Gasteiger partial charge on any atom is -0.340 e. The molecule has 8 nitrogen and oxygen atoms in total. The van der Waals surface area contributed by atoms with Crippen molar-refractivity contribution in [1.82, 2.24) is 24.6 Å². The predicted octanol–water partition coefficient (Wildman–Crippen LogP) is 2.99. The summed E-state index contributed by atoms with van der Waals surface area (Å²) in [5.74, 6) is -0.112. The van der Waals surface area contributed by atoms with Gasteiger partial charge in [0.15, 0.2) is 0 Å². The molecular weight excluding hydrogens is 423 g/mol. The molecule has 1 aliphatic rings. The van der Waals surface area contributed by atoms with Crippen molar-refractivity contribution in [3.8, 4) is 5.69 Å². The molecule has 33 heavy (non-hydrogen) atoms. The first-order valence-corrected chi connectivity index (χ1v) is 10.9. The van der Waals surface area contributed by atoms with Gasteiger partial charge in [0.25, 0.3) is 11.5 Å². The Morgan fingerprint density at radius 2 is 1.97 bits per heavy atom. The smallest absolute Gasteiger partial charge is 0.260 e. The second-order valence-corrected chi connectivity index (χ2v) is 8.14. The highest BCUT2D eigenvalue weighted by Gasteiger charge is 2.28. The molecule has 9 heteroatoms. The fourth-order valence-corrected chi connectivity index (χ4v) is 4.24. The van der Waals surface area contributed by atoms with Crippen molar-refractivity contribution in [2.24, 2.45) is 0 Å². The first kappa shape index (κ1) is 20.9. The maximum atomic E-state index is 13.5. The first-order chi connectivity index (χ1) is 16.0. The van der Waals surface area contributed by atoms with Crippen LogP contribution in [0, 0.1) is 5.82 Å². The molecule has 1 saturated heterocycles. The van der Waals surface area contributed by atoms with Gasteiger partial charge in [-0.25, -0.2) is 14.1 Å². The highest BCUT2D eigenvalue weighted by molar-refractivity contribution is 5.98. The van der Waals surface area contributed by atoms with Crippen LogP contribution in [0.3, 0.4) is 0 Å². The van der Waals surface area contributed by atoms with E-state index >= 15 is 0 Å². The summed E-state index contributed by atoms with van der Waals surface area (Å²) in [5.41, 5.74) is 1.37. The van der Waals surface area contributed by atoms with E-state index in [9.17, 15) is 14.0 Å². The Morgan fingerprint density at radius 1 is 1.12 bits per heavy atom. The minimum atomic E-state index is -0.476. The topological polar surface area (TPSA) is 87.1 Å². The molecule has 1 N–H and O–H groups in total. The van der Waals surface area contributed by atoms with Gasteiger partial charge in [-0.05, 0) is 49.7 Å². The van der Waals surface area contributed by atoms with Crippen LogP contribution in [0.2, 0.25) is 0 Å². The molecule has 168 valence electrons. The molecule has 2 aromatic heterocycles. The Kier molecular flexibility index (Phi) is 5.37. The van der Waals surface area contributed by atoms with Gasteiger partial charge < -0.3 is 9.80 Å². The number of benzene rings is 2. The summed E-state index contributed by atoms with van der Waals surface area (Å²) in [7, 11) is 0. The molecule has 1 unspecified atom stereocenters. The lowest BCUT2D eigenvalue weighted by Crippen LogP contribution is -2.40. The number of nitrogens with one attached hydrogen (secondary N) is 1. The number of aromatic amines is 1. The van der Waals surface area contributed by atoms with Crippen LogP contribution in [0.4, 0.5) is 10.3 Å². The van der Waals surface area contributed by atoms with Gasteiger partial charge >= 0.3 is 0 Å². The lowest BCUT2D eigenvalue weighted by atomic mass is 10.1. The van der Waals surface area contributed by atoms with Crippen LogP contribution in [0.1, 0.15) is 23.7 Å². The summed E-state index contributed by atoms with van der Waals surface area (Å²) in [6.07, 6.45) is 4.20. The monoisotopic (exact) mass is 446 g/mol. The van der Waals surface area contributed by atoms with E-state index in [1.54, 1.807) is 10.9 Å². The Bertz CT molecular complexity index is 1370. The molecule has 4 aromatic rings. The largest absolute Gasteiger partial charge is 0.340 e. The van der Waals surface area contributed by atoms with Crippen LogP contribution in [0.25, 0.3) is 16.6 Å². The molecule has 2 aromatic carbocycles. The van der Waals surface area contributed by atoms with Gasteiger partial charge in [0.2, 0.25) is 5.95 Å². The van der Waals surface area contributed by atoms with Crippen LogP contribution < -0.4 is 10.5 Å². The molecule has 0 aliphatic carbocycles. The molecule has 3 heterocycles. The van der Waals surface area contributed by atoms with E-state index in [0.717, 1.165) is 5.69 Å². The Morgan fingerprint density at radius 3 is 2.79 bits per heavy atom.